The first-order valence-corrected chi connectivity index (χ1v) is 9.41. The highest BCUT2D eigenvalue weighted by Crippen LogP contribution is 2.31. The Labute approximate surface area is 166 Å². The van der Waals surface area contributed by atoms with Crippen molar-refractivity contribution in [2.75, 3.05) is 5.32 Å². The van der Waals surface area contributed by atoms with E-state index in [0.29, 0.717) is 27.9 Å². The minimum Gasteiger partial charge on any atom is -0.339 e. The molecule has 0 atom stereocenters. The standard InChI is InChI=1S/C20H17N5O2S/c1-13(2)28-20-23-18(14-6-4-3-5-7-14)17(12-21)19(24-20)22-15-8-10-16(11-9-15)25(26)27/h3-11,13H,1-2H3,(H,22,23,24). The predicted octanol–water partition coefficient (Wildman–Crippen LogP) is 5.17. The van der Waals surface area contributed by atoms with Gasteiger partial charge in [-0.3, -0.25) is 10.1 Å². The zero-order chi connectivity index (χ0) is 20.1. The first-order valence-electron chi connectivity index (χ1n) is 8.53. The van der Waals surface area contributed by atoms with Gasteiger partial charge in [0.1, 0.15) is 11.6 Å². The molecule has 0 fully saturated rings. The Kier molecular flexibility index (Phi) is 5.87. The number of non-ortho nitro benzene ring substituents is 1. The van der Waals surface area contributed by atoms with Crippen molar-refractivity contribution >= 4 is 29.0 Å². The number of anilines is 2. The number of nitriles is 1. The van der Waals surface area contributed by atoms with Gasteiger partial charge in [0.05, 0.1) is 10.6 Å². The van der Waals surface area contributed by atoms with Crippen molar-refractivity contribution in [2.45, 2.75) is 24.3 Å². The van der Waals surface area contributed by atoms with E-state index in [-0.39, 0.29) is 10.9 Å². The molecule has 0 amide bonds. The third-order valence-corrected chi connectivity index (χ3v) is 4.59. The zero-order valence-corrected chi connectivity index (χ0v) is 16.1. The maximum absolute atomic E-state index is 10.8. The number of nitrogens with one attached hydrogen (secondary N) is 1. The van der Waals surface area contributed by atoms with Gasteiger partial charge in [-0.1, -0.05) is 55.9 Å². The minimum atomic E-state index is -0.458. The summed E-state index contributed by atoms with van der Waals surface area (Å²) in [6.07, 6.45) is 0. The van der Waals surface area contributed by atoms with E-state index >= 15 is 0 Å². The lowest BCUT2D eigenvalue weighted by Crippen LogP contribution is -2.04. The van der Waals surface area contributed by atoms with Crippen molar-refractivity contribution in [3.63, 3.8) is 0 Å². The summed E-state index contributed by atoms with van der Waals surface area (Å²) in [5.74, 6) is 0.369. The van der Waals surface area contributed by atoms with Crippen LogP contribution in [0.3, 0.4) is 0 Å². The summed E-state index contributed by atoms with van der Waals surface area (Å²) in [5.41, 5.74) is 2.28. The van der Waals surface area contributed by atoms with Gasteiger partial charge < -0.3 is 5.32 Å². The Morgan fingerprint density at radius 3 is 2.36 bits per heavy atom. The van der Waals surface area contributed by atoms with Crippen molar-refractivity contribution in [2.24, 2.45) is 0 Å². The summed E-state index contributed by atoms with van der Waals surface area (Å²) in [7, 11) is 0. The van der Waals surface area contributed by atoms with Gasteiger partial charge in [-0.05, 0) is 12.1 Å². The molecule has 0 aliphatic carbocycles. The van der Waals surface area contributed by atoms with E-state index in [1.165, 1.54) is 23.9 Å². The summed E-state index contributed by atoms with van der Waals surface area (Å²) >= 11 is 1.50. The van der Waals surface area contributed by atoms with Crippen LogP contribution < -0.4 is 5.32 Å². The van der Waals surface area contributed by atoms with Crippen LogP contribution in [0.25, 0.3) is 11.3 Å². The molecule has 0 unspecified atom stereocenters. The van der Waals surface area contributed by atoms with E-state index in [0.717, 1.165) is 5.56 Å². The molecule has 1 aromatic heterocycles. The fraction of sp³-hybridized carbons (Fsp3) is 0.150. The van der Waals surface area contributed by atoms with Crippen molar-refractivity contribution < 1.29 is 4.92 Å². The van der Waals surface area contributed by atoms with Gasteiger partial charge in [-0.25, -0.2) is 9.97 Å². The van der Waals surface area contributed by atoms with E-state index in [1.54, 1.807) is 12.1 Å². The molecule has 7 nitrogen and oxygen atoms in total. The average Bonchev–Trinajstić information content (AvgIpc) is 2.68. The Bertz CT molecular complexity index is 1030. The Morgan fingerprint density at radius 2 is 1.79 bits per heavy atom. The number of nitro benzene ring substituents is 1. The quantitative estimate of drug-likeness (QED) is 0.267. The molecule has 8 heteroatoms. The highest BCUT2D eigenvalue weighted by Gasteiger charge is 2.17. The number of nitro groups is 1. The molecule has 0 saturated carbocycles. The van der Waals surface area contributed by atoms with Crippen LogP contribution in [-0.2, 0) is 0 Å². The summed E-state index contributed by atoms with van der Waals surface area (Å²) in [6, 6.07) is 17.6. The van der Waals surface area contributed by atoms with Gasteiger partial charge in [0.15, 0.2) is 11.0 Å². The highest BCUT2D eigenvalue weighted by molar-refractivity contribution is 7.99. The molecule has 28 heavy (non-hydrogen) atoms. The predicted molar refractivity (Wildman–Crippen MR) is 110 cm³/mol. The fourth-order valence-electron chi connectivity index (χ4n) is 2.51. The van der Waals surface area contributed by atoms with Crippen LogP contribution in [0, 0.1) is 21.4 Å². The van der Waals surface area contributed by atoms with E-state index in [9.17, 15) is 15.4 Å². The van der Waals surface area contributed by atoms with Crippen LogP contribution in [0.1, 0.15) is 19.4 Å². The second-order valence-corrected chi connectivity index (χ2v) is 7.70. The molecule has 1 N–H and O–H groups in total. The SMILES string of the molecule is CC(C)Sc1nc(Nc2ccc([N+](=O)[O-])cc2)c(C#N)c(-c2ccccc2)n1. The lowest BCUT2D eigenvalue weighted by atomic mass is 10.1. The van der Waals surface area contributed by atoms with Crippen LogP contribution >= 0.6 is 11.8 Å². The maximum Gasteiger partial charge on any atom is 0.269 e. The van der Waals surface area contributed by atoms with Crippen LogP contribution in [0.4, 0.5) is 17.2 Å². The Balaban J connectivity index is 2.08. The van der Waals surface area contributed by atoms with E-state index in [4.69, 9.17) is 0 Å². The molecule has 0 radical (unpaired) electrons. The van der Waals surface area contributed by atoms with Gasteiger partial charge in [0.25, 0.3) is 5.69 Å². The summed E-state index contributed by atoms with van der Waals surface area (Å²) < 4.78 is 0. The molecule has 0 aliphatic rings. The van der Waals surface area contributed by atoms with Crippen LogP contribution in [0.2, 0.25) is 0 Å². The van der Waals surface area contributed by atoms with Gasteiger partial charge in [0.2, 0.25) is 0 Å². The monoisotopic (exact) mass is 391 g/mol. The van der Waals surface area contributed by atoms with Crippen molar-refractivity contribution in [1.29, 1.82) is 5.26 Å². The lowest BCUT2D eigenvalue weighted by Gasteiger charge is -2.13. The summed E-state index contributed by atoms with van der Waals surface area (Å²) in [4.78, 5) is 19.5. The fourth-order valence-corrected chi connectivity index (χ4v) is 3.22. The molecule has 0 saturated heterocycles. The third-order valence-electron chi connectivity index (χ3n) is 3.73. The second kappa shape index (κ2) is 8.50. The number of rotatable bonds is 6. The van der Waals surface area contributed by atoms with E-state index < -0.39 is 4.92 Å². The summed E-state index contributed by atoms with van der Waals surface area (Å²) in [6.45, 7) is 4.08. The van der Waals surface area contributed by atoms with Crippen LogP contribution in [-0.4, -0.2) is 20.1 Å². The van der Waals surface area contributed by atoms with Crippen LogP contribution in [0.15, 0.2) is 59.8 Å². The summed E-state index contributed by atoms with van der Waals surface area (Å²) in [5, 5.41) is 24.5. The first kappa shape index (κ1) is 19.3. The van der Waals surface area contributed by atoms with Crippen molar-refractivity contribution in [1.82, 2.24) is 9.97 Å². The van der Waals surface area contributed by atoms with E-state index in [1.807, 2.05) is 44.2 Å². The highest BCUT2D eigenvalue weighted by atomic mass is 32.2. The minimum absolute atomic E-state index is 0.00484. The number of benzene rings is 2. The van der Waals surface area contributed by atoms with Crippen molar-refractivity contribution in [3.05, 3.63) is 70.3 Å². The van der Waals surface area contributed by atoms with E-state index in [2.05, 4.69) is 21.4 Å². The largest absolute Gasteiger partial charge is 0.339 e. The number of aromatic nitrogens is 2. The molecule has 2 aromatic carbocycles. The molecular weight excluding hydrogens is 374 g/mol. The topological polar surface area (TPSA) is 105 Å². The molecule has 3 rings (SSSR count). The van der Waals surface area contributed by atoms with Gasteiger partial charge in [0, 0.05) is 28.6 Å². The molecule has 0 spiro atoms. The van der Waals surface area contributed by atoms with Crippen LogP contribution in [0.5, 0.6) is 0 Å². The normalized spacial score (nSPS) is 10.5. The number of hydrogen-bond acceptors (Lipinski definition) is 7. The molecule has 0 bridgehead atoms. The zero-order valence-electron chi connectivity index (χ0n) is 15.3. The smallest absolute Gasteiger partial charge is 0.269 e. The lowest BCUT2D eigenvalue weighted by molar-refractivity contribution is -0.384. The third kappa shape index (κ3) is 4.45. The molecule has 140 valence electrons. The second-order valence-electron chi connectivity index (χ2n) is 6.15. The van der Waals surface area contributed by atoms with Crippen molar-refractivity contribution in [3.8, 4) is 17.3 Å². The average molecular weight is 391 g/mol. The molecule has 0 aliphatic heterocycles. The molecule has 1 heterocycles. The Morgan fingerprint density at radius 1 is 1.11 bits per heavy atom. The molecule has 3 aromatic rings. The Hall–Kier alpha value is -3.44. The number of thioether (sulfide) groups is 1. The maximum atomic E-state index is 10.8. The van der Waals surface area contributed by atoms with Gasteiger partial charge >= 0.3 is 0 Å². The number of hydrogen-bond donors (Lipinski definition) is 1. The van der Waals surface area contributed by atoms with Gasteiger partial charge in [-0.2, -0.15) is 5.26 Å². The number of nitrogens with zero attached hydrogens (tertiary/aromatic N) is 4. The van der Waals surface area contributed by atoms with Gasteiger partial charge in [-0.15, -0.1) is 0 Å². The first-order chi connectivity index (χ1) is 13.5. The molecular formula is C20H17N5O2S.